The summed E-state index contributed by atoms with van der Waals surface area (Å²) >= 11 is 0. The van der Waals surface area contributed by atoms with Gasteiger partial charge in [-0.05, 0) is 49.9 Å². The van der Waals surface area contributed by atoms with Gasteiger partial charge in [0.05, 0.1) is 5.75 Å². The van der Waals surface area contributed by atoms with Gasteiger partial charge in [-0.15, -0.1) is 0 Å². The molecule has 4 bridgehead atoms. The summed E-state index contributed by atoms with van der Waals surface area (Å²) in [6, 6.07) is -0.517. The van der Waals surface area contributed by atoms with E-state index in [1.165, 1.54) is 4.90 Å². The number of hydrogen-bond donors (Lipinski definition) is 0. The maximum absolute atomic E-state index is 13.6. The number of amides is 2. The number of imide groups is 1. The third kappa shape index (κ3) is 2.57. The molecule has 29 heavy (non-hydrogen) atoms. The zero-order chi connectivity index (χ0) is 20.8. The molecule has 0 spiro atoms. The van der Waals surface area contributed by atoms with Crippen LogP contribution in [0.25, 0.3) is 0 Å². The molecule has 7 nitrogen and oxygen atoms in total. The first kappa shape index (κ1) is 19.7. The van der Waals surface area contributed by atoms with Crippen molar-refractivity contribution in [1.29, 1.82) is 0 Å². The van der Waals surface area contributed by atoms with E-state index in [-0.39, 0.29) is 59.7 Å². The van der Waals surface area contributed by atoms with Crippen molar-refractivity contribution in [2.24, 2.45) is 16.7 Å². The molecule has 2 saturated carbocycles. The molecule has 4 unspecified atom stereocenters. The fraction of sp³-hybridized carbons (Fsp3) is 0.857. The molecule has 3 saturated heterocycles. The van der Waals surface area contributed by atoms with Gasteiger partial charge in [-0.3, -0.25) is 19.3 Å². The lowest BCUT2D eigenvalue weighted by Crippen LogP contribution is -2.56. The van der Waals surface area contributed by atoms with Crippen LogP contribution < -0.4 is 0 Å². The summed E-state index contributed by atoms with van der Waals surface area (Å²) in [7, 11) is -3.60. The molecule has 160 valence electrons. The van der Waals surface area contributed by atoms with Crippen LogP contribution in [0.4, 0.5) is 0 Å². The van der Waals surface area contributed by atoms with Crippen molar-refractivity contribution in [3.8, 4) is 0 Å². The largest absolute Gasteiger partial charge is 0.299 e. The van der Waals surface area contributed by atoms with Crippen LogP contribution in [0, 0.1) is 16.7 Å². The number of sulfonamides is 1. The predicted molar refractivity (Wildman–Crippen MR) is 105 cm³/mol. The minimum Gasteiger partial charge on any atom is -0.299 e. The quantitative estimate of drug-likeness (QED) is 0.645. The Kier molecular flexibility index (Phi) is 4.15. The molecule has 8 heteroatoms. The summed E-state index contributed by atoms with van der Waals surface area (Å²) in [5.74, 6) is 0.0918. The summed E-state index contributed by atoms with van der Waals surface area (Å²) in [5.41, 5.74) is -1.03. The second-order valence-corrected chi connectivity index (χ2v) is 12.3. The standard InChI is InChI=1S/C21H30N2O5S/c1-20(2)13-7-8-21(20,17(24)9-13)12-29(27,28)23-14-3-4-15(23)11-16(10-14)22-18(25)5-6-19(22)26/h13-16H,3-12H2,1-2H3. The van der Waals surface area contributed by atoms with Crippen molar-refractivity contribution in [3.63, 3.8) is 0 Å². The number of Topliss-reactive ketones (excluding diaryl/α,β-unsaturated/α-hetero) is 1. The minimum atomic E-state index is -3.60. The second kappa shape index (κ2) is 6.13. The highest BCUT2D eigenvalue weighted by Crippen LogP contribution is 2.64. The van der Waals surface area contributed by atoms with E-state index in [2.05, 4.69) is 13.8 Å². The molecule has 2 aliphatic carbocycles. The number of rotatable bonds is 4. The van der Waals surface area contributed by atoms with Crippen molar-refractivity contribution in [2.45, 2.75) is 89.8 Å². The number of nitrogens with zero attached hydrogens (tertiary/aromatic N) is 2. The fourth-order valence-electron chi connectivity index (χ4n) is 7.27. The lowest BCUT2D eigenvalue weighted by atomic mass is 9.70. The van der Waals surface area contributed by atoms with Crippen molar-refractivity contribution in [3.05, 3.63) is 0 Å². The summed E-state index contributed by atoms with van der Waals surface area (Å²) in [6.07, 6.45) is 5.25. The molecule has 4 atom stereocenters. The zero-order valence-electron chi connectivity index (χ0n) is 17.2. The number of carbonyl (C=O) groups is 3. The monoisotopic (exact) mass is 422 g/mol. The molecular weight excluding hydrogens is 392 g/mol. The van der Waals surface area contributed by atoms with E-state index in [1.54, 1.807) is 4.31 Å². The molecule has 3 aliphatic heterocycles. The number of ketones is 1. The molecule has 5 aliphatic rings. The first-order valence-electron chi connectivity index (χ1n) is 11.0. The average molecular weight is 423 g/mol. The van der Waals surface area contributed by atoms with Crippen LogP contribution in [-0.4, -0.2) is 59.1 Å². The highest BCUT2D eigenvalue weighted by atomic mass is 32.2. The van der Waals surface area contributed by atoms with Crippen LogP contribution in [-0.2, 0) is 24.4 Å². The Bertz CT molecular complexity index is 867. The third-order valence-corrected chi connectivity index (χ3v) is 11.1. The normalized spacial score (nSPS) is 41.7. The first-order valence-corrected chi connectivity index (χ1v) is 12.6. The van der Waals surface area contributed by atoms with Crippen LogP contribution in [0.1, 0.15) is 71.6 Å². The van der Waals surface area contributed by atoms with Gasteiger partial charge in [-0.25, -0.2) is 8.42 Å². The number of fused-ring (bicyclic) bond motifs is 4. The van der Waals surface area contributed by atoms with Gasteiger partial charge in [-0.2, -0.15) is 4.31 Å². The van der Waals surface area contributed by atoms with Gasteiger partial charge in [0.1, 0.15) is 5.78 Å². The van der Waals surface area contributed by atoms with Crippen molar-refractivity contribution in [1.82, 2.24) is 9.21 Å². The van der Waals surface area contributed by atoms with Crippen molar-refractivity contribution >= 4 is 27.6 Å². The molecule has 0 aromatic carbocycles. The molecule has 0 radical (unpaired) electrons. The van der Waals surface area contributed by atoms with Crippen molar-refractivity contribution < 1.29 is 22.8 Å². The van der Waals surface area contributed by atoms with Gasteiger partial charge in [0.15, 0.2) is 0 Å². The number of likely N-dealkylation sites (tertiary alicyclic amines) is 1. The molecule has 0 N–H and O–H groups in total. The van der Waals surface area contributed by atoms with Crippen LogP contribution in [0.3, 0.4) is 0 Å². The first-order chi connectivity index (χ1) is 13.6. The van der Waals surface area contributed by atoms with Crippen LogP contribution in [0.2, 0.25) is 0 Å². The fourth-order valence-corrected chi connectivity index (χ4v) is 10.0. The molecular formula is C21H30N2O5S. The highest BCUT2D eigenvalue weighted by molar-refractivity contribution is 7.89. The lowest BCUT2D eigenvalue weighted by Gasteiger charge is -2.43. The molecule has 0 aromatic heterocycles. The predicted octanol–water partition coefficient (Wildman–Crippen LogP) is 1.86. The maximum Gasteiger partial charge on any atom is 0.229 e. The summed E-state index contributed by atoms with van der Waals surface area (Å²) < 4.78 is 28.9. The SMILES string of the molecule is CC1(C)C2CCC1(CS(=O)(=O)N1C3CCC1CC(N1C(=O)CCC1=O)C3)C(=O)C2. The van der Waals surface area contributed by atoms with E-state index in [9.17, 15) is 22.8 Å². The van der Waals surface area contributed by atoms with Gasteiger partial charge in [0, 0.05) is 42.8 Å². The van der Waals surface area contributed by atoms with E-state index in [0.29, 0.717) is 31.6 Å². The number of piperidine rings is 1. The Morgan fingerprint density at radius 2 is 1.52 bits per heavy atom. The van der Waals surface area contributed by atoms with Gasteiger partial charge < -0.3 is 0 Å². The van der Waals surface area contributed by atoms with Gasteiger partial charge in [0.2, 0.25) is 21.8 Å². The van der Waals surface area contributed by atoms with E-state index in [0.717, 1.165) is 19.3 Å². The van der Waals surface area contributed by atoms with Crippen molar-refractivity contribution in [2.75, 3.05) is 5.75 Å². The van der Waals surface area contributed by atoms with Crippen LogP contribution in [0.15, 0.2) is 0 Å². The van der Waals surface area contributed by atoms with E-state index in [1.807, 2.05) is 0 Å². The molecule has 0 aromatic rings. The van der Waals surface area contributed by atoms with Gasteiger partial charge in [0.25, 0.3) is 0 Å². The van der Waals surface area contributed by atoms with Crippen LogP contribution >= 0.6 is 0 Å². The Morgan fingerprint density at radius 1 is 0.931 bits per heavy atom. The van der Waals surface area contributed by atoms with E-state index < -0.39 is 15.4 Å². The average Bonchev–Trinajstić information content (AvgIpc) is 3.25. The molecule has 3 heterocycles. The molecule has 2 amide bonds. The molecule has 5 rings (SSSR count). The lowest BCUT2D eigenvalue weighted by molar-refractivity contribution is -0.142. The zero-order valence-corrected chi connectivity index (χ0v) is 18.0. The number of carbonyl (C=O) groups excluding carboxylic acids is 3. The topological polar surface area (TPSA) is 91.8 Å². The summed E-state index contributed by atoms with van der Waals surface area (Å²) in [5, 5.41) is 0. The van der Waals surface area contributed by atoms with E-state index in [4.69, 9.17) is 0 Å². The van der Waals surface area contributed by atoms with Crippen LogP contribution in [0.5, 0.6) is 0 Å². The summed E-state index contributed by atoms with van der Waals surface area (Å²) in [4.78, 5) is 38.6. The highest BCUT2D eigenvalue weighted by Gasteiger charge is 2.66. The Morgan fingerprint density at radius 3 is 2.00 bits per heavy atom. The third-order valence-electron chi connectivity index (χ3n) is 8.99. The van der Waals surface area contributed by atoms with Gasteiger partial charge >= 0.3 is 0 Å². The Hall–Kier alpha value is -1.28. The Balaban J connectivity index is 1.39. The Labute approximate surface area is 172 Å². The second-order valence-electron chi connectivity index (χ2n) is 10.4. The molecule has 5 fully saturated rings. The maximum atomic E-state index is 13.6. The van der Waals surface area contributed by atoms with Gasteiger partial charge in [-0.1, -0.05) is 13.8 Å². The smallest absolute Gasteiger partial charge is 0.229 e. The van der Waals surface area contributed by atoms with E-state index >= 15 is 0 Å². The summed E-state index contributed by atoms with van der Waals surface area (Å²) in [6.45, 7) is 4.13. The minimum absolute atomic E-state index is 0.0818. The number of hydrogen-bond acceptors (Lipinski definition) is 5.